The molecule has 0 bridgehead atoms. The predicted molar refractivity (Wildman–Crippen MR) is 109 cm³/mol. The van der Waals surface area contributed by atoms with E-state index in [0.29, 0.717) is 12.1 Å². The van der Waals surface area contributed by atoms with Crippen LogP contribution in [-0.2, 0) is 23.1 Å². The summed E-state index contributed by atoms with van der Waals surface area (Å²) in [6.07, 6.45) is 0. The van der Waals surface area contributed by atoms with Crippen LogP contribution in [0.3, 0.4) is 0 Å². The highest BCUT2D eigenvalue weighted by molar-refractivity contribution is 7.89. The molecule has 5 nitrogen and oxygen atoms in total. The van der Waals surface area contributed by atoms with Crippen molar-refractivity contribution in [3.63, 3.8) is 0 Å². The average Bonchev–Trinajstić information content (AvgIpc) is 2.74. The Hall–Kier alpha value is -2.96. The van der Waals surface area contributed by atoms with E-state index in [1.807, 2.05) is 30.3 Å². The van der Waals surface area contributed by atoms with E-state index < -0.39 is 10.0 Å². The van der Waals surface area contributed by atoms with E-state index in [4.69, 9.17) is 0 Å². The van der Waals surface area contributed by atoms with Gasteiger partial charge in [-0.2, -0.15) is 4.31 Å². The van der Waals surface area contributed by atoms with Gasteiger partial charge < -0.3 is 5.32 Å². The summed E-state index contributed by atoms with van der Waals surface area (Å²) in [4.78, 5) is 12.5. The fourth-order valence-electron chi connectivity index (χ4n) is 2.76. The fourth-order valence-corrected chi connectivity index (χ4v) is 3.94. The molecule has 1 N–H and O–H groups in total. The number of benzene rings is 3. The largest absolute Gasteiger partial charge is 0.348 e. The number of nitrogens with one attached hydrogen (secondary N) is 1. The third kappa shape index (κ3) is 4.85. The lowest BCUT2D eigenvalue weighted by Crippen LogP contribution is -2.26. The number of nitrogens with zero attached hydrogens (tertiary/aromatic N) is 1. The van der Waals surface area contributed by atoms with E-state index in [1.54, 1.807) is 61.6 Å². The Balaban J connectivity index is 1.61. The molecule has 6 heteroatoms. The number of sulfonamides is 1. The molecule has 0 saturated heterocycles. The lowest BCUT2D eigenvalue weighted by molar-refractivity contribution is 0.0951. The van der Waals surface area contributed by atoms with Crippen LogP contribution in [0.15, 0.2) is 89.8 Å². The molecule has 3 aromatic carbocycles. The highest BCUT2D eigenvalue weighted by Gasteiger charge is 2.20. The summed E-state index contributed by atoms with van der Waals surface area (Å²) in [5.74, 6) is -0.166. The van der Waals surface area contributed by atoms with Crippen molar-refractivity contribution in [2.75, 3.05) is 7.05 Å². The van der Waals surface area contributed by atoms with E-state index in [-0.39, 0.29) is 17.3 Å². The molecule has 0 saturated carbocycles. The highest BCUT2D eigenvalue weighted by atomic mass is 32.2. The molecule has 144 valence electrons. The smallest absolute Gasteiger partial charge is 0.251 e. The van der Waals surface area contributed by atoms with Gasteiger partial charge in [-0.3, -0.25) is 4.79 Å². The molecule has 0 atom stereocenters. The second-order valence-corrected chi connectivity index (χ2v) is 8.48. The van der Waals surface area contributed by atoms with Crippen LogP contribution in [0.5, 0.6) is 0 Å². The topological polar surface area (TPSA) is 66.5 Å². The normalized spacial score (nSPS) is 11.4. The van der Waals surface area contributed by atoms with Gasteiger partial charge in [-0.15, -0.1) is 0 Å². The van der Waals surface area contributed by atoms with Crippen LogP contribution in [0.25, 0.3) is 0 Å². The summed E-state index contributed by atoms with van der Waals surface area (Å²) in [7, 11) is -2.00. The number of hydrogen-bond acceptors (Lipinski definition) is 3. The van der Waals surface area contributed by atoms with Crippen LogP contribution in [0.4, 0.5) is 0 Å². The van der Waals surface area contributed by atoms with Crippen molar-refractivity contribution in [1.29, 1.82) is 0 Å². The zero-order valence-electron chi connectivity index (χ0n) is 15.6. The Morgan fingerprint density at radius 1 is 0.821 bits per heavy atom. The van der Waals surface area contributed by atoms with Crippen LogP contribution in [0.1, 0.15) is 21.5 Å². The van der Waals surface area contributed by atoms with Crippen molar-refractivity contribution in [2.45, 2.75) is 18.0 Å². The van der Waals surface area contributed by atoms with Crippen molar-refractivity contribution in [1.82, 2.24) is 9.62 Å². The maximum absolute atomic E-state index is 12.6. The molecule has 0 aliphatic heterocycles. The molecule has 28 heavy (non-hydrogen) atoms. The Labute approximate surface area is 165 Å². The monoisotopic (exact) mass is 394 g/mol. The van der Waals surface area contributed by atoms with Gasteiger partial charge in [0.15, 0.2) is 0 Å². The molecular weight excluding hydrogens is 372 g/mol. The molecule has 1 amide bonds. The molecule has 0 aliphatic rings. The highest BCUT2D eigenvalue weighted by Crippen LogP contribution is 2.16. The van der Waals surface area contributed by atoms with Crippen molar-refractivity contribution >= 4 is 15.9 Å². The zero-order chi connectivity index (χ0) is 20.0. The van der Waals surface area contributed by atoms with Gasteiger partial charge in [-0.05, 0) is 35.4 Å². The summed E-state index contributed by atoms with van der Waals surface area (Å²) in [6.45, 7) is 0.683. The van der Waals surface area contributed by atoms with Gasteiger partial charge in [0.2, 0.25) is 10.0 Å². The van der Waals surface area contributed by atoms with Gasteiger partial charge in [0.1, 0.15) is 0 Å². The van der Waals surface area contributed by atoms with Gasteiger partial charge in [0.05, 0.1) is 4.90 Å². The lowest BCUT2D eigenvalue weighted by Gasteiger charge is -2.17. The minimum atomic E-state index is -3.55. The third-order valence-electron chi connectivity index (χ3n) is 4.37. The Bertz CT molecular complexity index is 1020. The lowest BCUT2D eigenvalue weighted by atomic mass is 10.1. The van der Waals surface area contributed by atoms with Crippen LogP contribution >= 0.6 is 0 Å². The number of hydrogen-bond donors (Lipinski definition) is 1. The van der Waals surface area contributed by atoms with Crippen LogP contribution < -0.4 is 5.32 Å². The van der Waals surface area contributed by atoms with E-state index in [0.717, 1.165) is 11.1 Å². The minimum Gasteiger partial charge on any atom is -0.348 e. The first-order valence-corrected chi connectivity index (χ1v) is 10.3. The summed E-state index contributed by atoms with van der Waals surface area (Å²) < 4.78 is 26.5. The van der Waals surface area contributed by atoms with E-state index in [2.05, 4.69) is 5.32 Å². The van der Waals surface area contributed by atoms with Gasteiger partial charge in [-0.1, -0.05) is 60.7 Å². The molecular formula is C22H22N2O3S. The van der Waals surface area contributed by atoms with Crippen LogP contribution in [0.2, 0.25) is 0 Å². The van der Waals surface area contributed by atoms with E-state index in [1.165, 1.54) is 4.31 Å². The number of carbonyl (C=O) groups excluding carboxylic acids is 1. The van der Waals surface area contributed by atoms with Gasteiger partial charge in [0, 0.05) is 25.7 Å². The van der Waals surface area contributed by atoms with Crippen molar-refractivity contribution in [2.24, 2.45) is 0 Å². The molecule has 0 heterocycles. The first kappa shape index (κ1) is 19.8. The first-order chi connectivity index (χ1) is 13.5. The second-order valence-electron chi connectivity index (χ2n) is 6.44. The molecule has 3 aromatic rings. The molecule has 0 radical (unpaired) electrons. The van der Waals surface area contributed by atoms with Crippen LogP contribution in [-0.4, -0.2) is 25.7 Å². The molecule has 0 spiro atoms. The summed E-state index contributed by atoms with van der Waals surface area (Å²) in [5.41, 5.74) is 2.37. The SMILES string of the molecule is CN(Cc1ccc(C(=O)NCc2ccccc2)cc1)S(=O)(=O)c1ccccc1. The predicted octanol–water partition coefficient (Wildman–Crippen LogP) is 3.44. The molecule has 0 fully saturated rings. The minimum absolute atomic E-state index is 0.166. The standard InChI is InChI=1S/C22H22N2O3S/c1-24(28(26,27)21-10-6-3-7-11-21)17-19-12-14-20(15-13-19)22(25)23-16-18-8-4-2-5-9-18/h2-15H,16-17H2,1H3,(H,23,25). The summed E-state index contributed by atoms with van der Waals surface area (Å²) in [5, 5.41) is 2.88. The second kappa shape index (κ2) is 8.82. The molecule has 0 aliphatic carbocycles. The van der Waals surface area contributed by atoms with Crippen LogP contribution in [0, 0.1) is 0 Å². The first-order valence-electron chi connectivity index (χ1n) is 8.89. The zero-order valence-corrected chi connectivity index (χ0v) is 16.4. The van der Waals surface area contributed by atoms with Gasteiger partial charge >= 0.3 is 0 Å². The third-order valence-corrected chi connectivity index (χ3v) is 6.19. The Morgan fingerprint density at radius 3 is 2.00 bits per heavy atom. The van der Waals surface area contributed by atoms with Crippen molar-refractivity contribution < 1.29 is 13.2 Å². The molecule has 0 aromatic heterocycles. The molecule has 0 unspecified atom stereocenters. The number of rotatable bonds is 7. The Morgan fingerprint density at radius 2 is 1.39 bits per heavy atom. The van der Waals surface area contributed by atoms with Gasteiger partial charge in [-0.25, -0.2) is 8.42 Å². The summed E-state index contributed by atoms with van der Waals surface area (Å²) >= 11 is 0. The van der Waals surface area contributed by atoms with E-state index >= 15 is 0 Å². The van der Waals surface area contributed by atoms with E-state index in [9.17, 15) is 13.2 Å². The summed E-state index contributed by atoms with van der Waals surface area (Å²) in [6, 6.07) is 25.0. The van der Waals surface area contributed by atoms with Gasteiger partial charge in [0.25, 0.3) is 5.91 Å². The van der Waals surface area contributed by atoms with Crippen molar-refractivity contribution in [3.8, 4) is 0 Å². The van der Waals surface area contributed by atoms with Crippen molar-refractivity contribution in [3.05, 3.63) is 102 Å². The number of amides is 1. The average molecular weight is 394 g/mol. The maximum Gasteiger partial charge on any atom is 0.251 e. The fraction of sp³-hybridized carbons (Fsp3) is 0.136. The quantitative estimate of drug-likeness (QED) is 0.668. The number of carbonyl (C=O) groups is 1. The maximum atomic E-state index is 12.6. The Kier molecular flexibility index (Phi) is 6.23. The molecule has 3 rings (SSSR count).